The fourth-order valence-electron chi connectivity index (χ4n) is 18.5. The summed E-state index contributed by atoms with van der Waals surface area (Å²) in [4.78, 5) is 31.1. The molecule has 6 aliphatic carbocycles. The molecule has 2 heterocycles. The summed E-state index contributed by atoms with van der Waals surface area (Å²) in [5, 5.41) is 56.0. The van der Waals surface area contributed by atoms with Gasteiger partial charge in [-0.25, -0.2) is 0 Å². The molecular weight excluding hydrogens is 1130 g/mol. The van der Waals surface area contributed by atoms with Gasteiger partial charge in [0.15, 0.2) is 23.0 Å². The Morgan fingerprint density at radius 3 is 2.46 bits per heavy atom. The fraction of sp³-hybridized carbons (Fsp3) is 0.432. The number of ether oxygens (including phenoxy) is 4. The van der Waals surface area contributed by atoms with Crippen LogP contribution in [0.3, 0.4) is 0 Å². The van der Waals surface area contributed by atoms with Crippen molar-refractivity contribution < 1.29 is 49.0 Å². The van der Waals surface area contributed by atoms with E-state index in [-0.39, 0.29) is 70.6 Å². The second-order valence-corrected chi connectivity index (χ2v) is 29.4. The number of aliphatic hydroxyl groups is 1. The maximum absolute atomic E-state index is 17.0. The molecular formula is C74H75NO10S2. The molecule has 8 aliphatic rings. The molecule has 11 nitrogen and oxygen atoms in total. The molecule has 0 radical (unpaired) electrons. The van der Waals surface area contributed by atoms with Gasteiger partial charge in [0.1, 0.15) is 18.0 Å². The standard InChI is InChI=1S/C74H75NO10S2/c1-42(76)84-67-33-55-32-60-58-35-69(65(79)28-50(58)26-61-64(78)36-62-59-34-66(80)68(82-2)29-51(59)27-63(67)74(62,70(60)61)53-15-12-46-9-3-4-10-47(46)24-53)83-20-21-86-87-40-45-22-43-16-19-72(17-5-6-18-72)41-75-39-44-8-7-11-48(23-44)57-31-54(77)25-49-13-14-52(30-56(49)57)73(37-43,38-45)71(81)85-55/h3-4,7-15,23-25,28-31,34-35,43,45,55,60-64,67,70,75,77-80H,5-6,17-18,20-22,26-27,32-33,36-41H2,1-2H3/t43-,45+,55+,60+,61-,62-,63-,64-,67-,70-,73+,74-/m1/s1. The molecule has 0 aromatic heterocycles. The van der Waals surface area contributed by atoms with E-state index in [1.54, 1.807) is 34.8 Å². The smallest absolute Gasteiger partial charge is 0.316 e. The SMILES string of the molecule is COc1cc2c(cc1O)[C@H]1C[C@@H](O)[C@H]3Cc4cc(O)c5cc4[C@@H]4C[C@@H](C[C@@H](OC(C)=O)[C@@H](C2)[C@]1(c1ccc2ccccc2c1)[C@@H]34)OC(=O)[C@]12C[C@H](C#CC3(CCCC3)CNCc3cccc(c3)-c3cc(O)cc4ccc1cc34)C[C@H](CSSCCO5)C2. The monoisotopic (exact) mass is 1200 g/mol. The van der Waals surface area contributed by atoms with Crippen LogP contribution < -0.4 is 14.8 Å². The van der Waals surface area contributed by atoms with E-state index >= 15 is 4.79 Å². The van der Waals surface area contributed by atoms with Crippen LogP contribution in [0.5, 0.6) is 28.7 Å². The number of fused-ring (bicyclic) bond motifs is 11. The fourth-order valence-corrected chi connectivity index (χ4v) is 20.7. The van der Waals surface area contributed by atoms with E-state index in [4.69, 9.17) is 18.9 Å². The molecule has 4 fully saturated rings. The highest BCUT2D eigenvalue weighted by atomic mass is 33.1. The molecule has 0 amide bonds. The summed E-state index contributed by atoms with van der Waals surface area (Å²) in [5.41, 5.74) is 6.48. The van der Waals surface area contributed by atoms with Crippen LogP contribution in [0, 0.1) is 46.8 Å². The molecule has 2 spiro atoms. The zero-order valence-corrected chi connectivity index (χ0v) is 51.0. The average molecular weight is 1200 g/mol. The number of esters is 2. The molecule has 7 aromatic rings. The summed E-state index contributed by atoms with van der Waals surface area (Å²) >= 11 is 0. The quantitative estimate of drug-likeness (QED) is 0.0646. The number of hydrogen-bond acceptors (Lipinski definition) is 13. The number of aromatic hydroxyl groups is 3. The Kier molecular flexibility index (Phi) is 14.6. The van der Waals surface area contributed by atoms with E-state index in [2.05, 4.69) is 96.0 Å². The summed E-state index contributed by atoms with van der Waals surface area (Å²) in [6.45, 7) is 3.28. The molecule has 15 rings (SSSR count). The van der Waals surface area contributed by atoms with Gasteiger partial charge in [-0.1, -0.05) is 119 Å². The largest absolute Gasteiger partial charge is 0.508 e. The normalized spacial score (nSPS) is 30.6. The van der Waals surface area contributed by atoms with Gasteiger partial charge in [0.05, 0.1) is 25.2 Å². The predicted molar refractivity (Wildman–Crippen MR) is 341 cm³/mol. The van der Waals surface area contributed by atoms with Gasteiger partial charge in [0.25, 0.3) is 0 Å². The molecule has 7 aromatic carbocycles. The molecule has 0 saturated heterocycles. The van der Waals surface area contributed by atoms with E-state index in [9.17, 15) is 25.2 Å². The maximum Gasteiger partial charge on any atom is 0.316 e. The average Bonchev–Trinajstić information content (AvgIpc) is 0.853. The van der Waals surface area contributed by atoms with Gasteiger partial charge in [0.2, 0.25) is 0 Å². The van der Waals surface area contributed by atoms with Crippen LogP contribution in [0.4, 0.5) is 0 Å². The van der Waals surface area contributed by atoms with Gasteiger partial charge in [-0.15, -0.1) is 0 Å². The first-order valence-electron chi connectivity index (χ1n) is 31.6. The van der Waals surface area contributed by atoms with E-state index in [0.717, 1.165) is 116 Å². The summed E-state index contributed by atoms with van der Waals surface area (Å²) in [5.74, 6) is 7.55. The van der Waals surface area contributed by atoms with Crippen molar-refractivity contribution in [3.05, 3.63) is 160 Å². The van der Waals surface area contributed by atoms with Crippen molar-refractivity contribution in [2.45, 2.75) is 131 Å². The zero-order chi connectivity index (χ0) is 59.3. The minimum Gasteiger partial charge on any atom is -0.508 e. The molecule has 448 valence electrons. The minimum absolute atomic E-state index is 0.0176. The number of aliphatic hydroxyl groups excluding tert-OH is 1. The second kappa shape index (κ2) is 22.3. The Morgan fingerprint density at radius 1 is 0.782 bits per heavy atom. The first-order chi connectivity index (χ1) is 42.3. The van der Waals surface area contributed by atoms with Crippen LogP contribution in [0.2, 0.25) is 0 Å². The van der Waals surface area contributed by atoms with Crippen molar-refractivity contribution in [2.24, 2.45) is 35.0 Å². The first-order valence-corrected chi connectivity index (χ1v) is 34.1. The van der Waals surface area contributed by atoms with Crippen molar-refractivity contribution >= 4 is 55.1 Å². The number of phenols is 3. The third-order valence-electron chi connectivity index (χ3n) is 21.9. The van der Waals surface area contributed by atoms with Crippen LogP contribution in [0.1, 0.15) is 122 Å². The lowest BCUT2D eigenvalue weighted by atomic mass is 9.38. The predicted octanol–water partition coefficient (Wildman–Crippen LogP) is 13.7. The van der Waals surface area contributed by atoms with Gasteiger partial charge < -0.3 is 44.7 Å². The third-order valence-corrected chi connectivity index (χ3v) is 24.4. The van der Waals surface area contributed by atoms with Crippen LogP contribution >= 0.6 is 21.6 Å². The van der Waals surface area contributed by atoms with Gasteiger partial charge in [0, 0.05) is 60.6 Å². The molecule has 11 bridgehead atoms. The third kappa shape index (κ3) is 9.82. The summed E-state index contributed by atoms with van der Waals surface area (Å²) in [6.07, 6.45) is 5.42. The summed E-state index contributed by atoms with van der Waals surface area (Å²) in [6, 6.07) is 41.3. The molecule has 13 heteroatoms. The molecule has 12 atom stereocenters. The van der Waals surface area contributed by atoms with Gasteiger partial charge in [-0.05, 0) is 208 Å². The minimum atomic E-state index is -1.18. The van der Waals surface area contributed by atoms with Gasteiger partial charge in [-0.3, -0.25) is 9.59 Å². The number of nitrogens with one attached hydrogen (secondary N) is 1. The van der Waals surface area contributed by atoms with Crippen molar-refractivity contribution in [3.63, 3.8) is 0 Å². The number of benzene rings is 7. The van der Waals surface area contributed by atoms with E-state index < -0.39 is 41.0 Å². The highest BCUT2D eigenvalue weighted by molar-refractivity contribution is 8.76. The van der Waals surface area contributed by atoms with Crippen LogP contribution in [0.15, 0.2) is 121 Å². The van der Waals surface area contributed by atoms with Crippen LogP contribution in [-0.2, 0) is 49.3 Å². The number of hydrogen-bond donors (Lipinski definition) is 5. The van der Waals surface area contributed by atoms with Crippen molar-refractivity contribution in [1.29, 1.82) is 0 Å². The molecule has 87 heavy (non-hydrogen) atoms. The lowest BCUT2D eigenvalue weighted by molar-refractivity contribution is -0.175. The number of rotatable bonds is 3. The lowest BCUT2D eigenvalue weighted by Gasteiger charge is -2.66. The molecule has 0 unspecified atom stereocenters. The molecule has 2 aliphatic heterocycles. The summed E-state index contributed by atoms with van der Waals surface area (Å²) in [7, 11) is 5.09. The topological polar surface area (TPSA) is 164 Å². The van der Waals surface area contributed by atoms with Crippen LogP contribution in [-0.4, -0.2) is 82.4 Å². The molecule has 5 N–H and O–H groups in total. The maximum atomic E-state index is 17.0. The summed E-state index contributed by atoms with van der Waals surface area (Å²) < 4.78 is 26.9. The Bertz CT molecular complexity index is 3960. The van der Waals surface area contributed by atoms with E-state index in [1.165, 1.54) is 6.92 Å². The van der Waals surface area contributed by atoms with E-state index in [1.807, 2.05) is 36.4 Å². The van der Waals surface area contributed by atoms with Crippen molar-refractivity contribution in [3.8, 4) is 51.7 Å². The van der Waals surface area contributed by atoms with Gasteiger partial charge >= 0.3 is 11.9 Å². The second-order valence-electron chi connectivity index (χ2n) is 26.8. The van der Waals surface area contributed by atoms with Crippen molar-refractivity contribution in [2.75, 3.05) is 31.8 Å². The Hall–Kier alpha value is -6.82. The Balaban J connectivity index is 0.956. The highest BCUT2D eigenvalue weighted by Crippen LogP contribution is 2.70. The van der Waals surface area contributed by atoms with E-state index in [0.29, 0.717) is 68.9 Å². The highest BCUT2D eigenvalue weighted by Gasteiger charge is 2.67. The zero-order valence-electron chi connectivity index (χ0n) is 49.4. The molecule has 4 saturated carbocycles. The Labute approximate surface area is 516 Å². The lowest BCUT2D eigenvalue weighted by Crippen LogP contribution is -2.65. The number of carbonyl (C=O) groups excluding carboxylic acids is 2. The van der Waals surface area contributed by atoms with Crippen molar-refractivity contribution in [1.82, 2.24) is 5.32 Å². The van der Waals surface area contributed by atoms with Crippen LogP contribution in [0.25, 0.3) is 32.7 Å². The number of phenolic OH excluding ortho intramolecular Hbond substituents is 3. The number of methoxy groups -OCH3 is 1. The first kappa shape index (κ1) is 56.7. The van der Waals surface area contributed by atoms with Gasteiger partial charge in [-0.2, -0.15) is 0 Å². The number of carbonyl (C=O) groups is 2. The Morgan fingerprint density at radius 2 is 1.61 bits per heavy atom.